The van der Waals surface area contributed by atoms with Gasteiger partial charge in [-0.25, -0.2) is 4.79 Å². The van der Waals surface area contributed by atoms with Gasteiger partial charge in [0.2, 0.25) is 0 Å². The van der Waals surface area contributed by atoms with Gasteiger partial charge in [-0.3, -0.25) is 4.79 Å². The fraction of sp³-hybridized carbons (Fsp3) is 0.889. The van der Waals surface area contributed by atoms with Gasteiger partial charge in [0.25, 0.3) is 5.91 Å². The van der Waals surface area contributed by atoms with E-state index in [1.165, 1.54) is 5.32 Å². The summed E-state index contributed by atoms with van der Waals surface area (Å²) < 4.78 is 94.5. The topological polar surface area (TPSA) is 55.4 Å². The van der Waals surface area contributed by atoms with Crippen molar-refractivity contribution in [3.8, 4) is 0 Å². The zero-order valence-corrected chi connectivity index (χ0v) is 17.7. The molecule has 12 heteroatoms. The van der Waals surface area contributed by atoms with Crippen LogP contribution in [0.5, 0.6) is 0 Å². The number of carbonyl (C=O) groups excluding carboxylic acids is 2. The van der Waals surface area contributed by atoms with Crippen LogP contribution in [-0.2, 0) is 14.3 Å². The summed E-state index contributed by atoms with van der Waals surface area (Å²) in [5.41, 5.74) is 0. The van der Waals surface area contributed by atoms with Crippen molar-refractivity contribution in [3.63, 3.8) is 0 Å². The molecule has 1 atom stereocenters. The Bertz CT molecular complexity index is 530. The number of hydrogen-bond acceptors (Lipinski definition) is 4. The van der Waals surface area contributed by atoms with E-state index in [9.17, 15) is 40.3 Å². The maximum absolute atomic E-state index is 13.5. The van der Waals surface area contributed by atoms with Gasteiger partial charge < -0.3 is 10.1 Å². The van der Waals surface area contributed by atoms with Crippen molar-refractivity contribution >= 4 is 23.6 Å². The van der Waals surface area contributed by atoms with Crippen LogP contribution in [0.2, 0.25) is 0 Å². The summed E-state index contributed by atoms with van der Waals surface area (Å²) in [6.45, 7) is 2.00. The van der Waals surface area contributed by atoms with Crippen molar-refractivity contribution in [3.05, 3.63) is 0 Å². The summed E-state index contributed by atoms with van der Waals surface area (Å²) in [7, 11) is 0. The van der Waals surface area contributed by atoms with Crippen LogP contribution in [0.25, 0.3) is 0 Å². The third-order valence-electron chi connectivity index (χ3n) is 4.23. The molecule has 0 heterocycles. The first-order valence-electron chi connectivity index (χ1n) is 9.61. The van der Waals surface area contributed by atoms with Crippen molar-refractivity contribution in [2.75, 3.05) is 18.6 Å². The van der Waals surface area contributed by atoms with Gasteiger partial charge in [0.05, 0.1) is 6.61 Å². The van der Waals surface area contributed by atoms with Crippen molar-refractivity contribution < 1.29 is 45.1 Å². The Labute approximate surface area is 175 Å². The number of unbranched alkanes of at least 4 members (excludes halogenated alkanes) is 6. The highest BCUT2D eigenvalue weighted by Gasteiger charge is 2.76. The van der Waals surface area contributed by atoms with E-state index in [1.807, 2.05) is 0 Å². The van der Waals surface area contributed by atoms with Gasteiger partial charge in [0.15, 0.2) is 0 Å². The molecule has 0 aromatic heterocycles. The predicted molar refractivity (Wildman–Crippen MR) is 99.8 cm³/mol. The van der Waals surface area contributed by atoms with E-state index in [0.29, 0.717) is 6.42 Å². The number of rotatable bonds is 15. The molecule has 1 unspecified atom stereocenters. The first-order valence-corrected chi connectivity index (χ1v) is 11.0. The lowest BCUT2D eigenvalue weighted by Gasteiger charge is -2.28. The second-order valence-electron chi connectivity index (χ2n) is 6.74. The van der Waals surface area contributed by atoms with Gasteiger partial charge in [-0.2, -0.15) is 42.5 Å². The first-order chi connectivity index (χ1) is 13.8. The summed E-state index contributed by atoms with van der Waals surface area (Å²) in [6.07, 6.45) is 1.11. The van der Waals surface area contributed by atoms with E-state index in [2.05, 4.69) is 6.92 Å². The Balaban J connectivity index is 4.80. The summed E-state index contributed by atoms with van der Waals surface area (Å²) in [6, 6.07) is -1.76. The van der Waals surface area contributed by atoms with Gasteiger partial charge in [0, 0.05) is 0 Å². The lowest BCUT2D eigenvalue weighted by molar-refractivity contribution is -0.344. The average molecular weight is 471 g/mol. The maximum atomic E-state index is 13.5. The van der Waals surface area contributed by atoms with Crippen LogP contribution in [0.1, 0.15) is 58.3 Å². The number of esters is 1. The SMILES string of the molecule is CCCCCCCCCOC(=O)C(CCSC)NC(=O)C(F)(F)C(F)(F)C(F)(F)F. The Morgan fingerprint density at radius 3 is 1.97 bits per heavy atom. The molecule has 0 fully saturated rings. The molecule has 1 N–H and O–H groups in total. The van der Waals surface area contributed by atoms with Gasteiger partial charge >= 0.3 is 24.0 Å². The highest BCUT2D eigenvalue weighted by Crippen LogP contribution is 2.46. The Kier molecular flexibility index (Phi) is 12.7. The van der Waals surface area contributed by atoms with Crippen LogP contribution in [0.4, 0.5) is 30.7 Å². The number of ether oxygens (including phenoxy) is 1. The number of halogens is 7. The Hall–Kier alpha value is -1.20. The molecule has 0 saturated heterocycles. The Morgan fingerprint density at radius 1 is 0.933 bits per heavy atom. The lowest BCUT2D eigenvalue weighted by atomic mass is 10.1. The number of amides is 1. The molecule has 1 amide bonds. The van der Waals surface area contributed by atoms with Crippen LogP contribution in [0.3, 0.4) is 0 Å². The molecule has 0 bridgehead atoms. The molecule has 0 aromatic carbocycles. The smallest absolute Gasteiger partial charge is 0.460 e. The van der Waals surface area contributed by atoms with E-state index in [-0.39, 0.29) is 18.8 Å². The number of carbonyl (C=O) groups is 2. The molecule has 0 rings (SSSR count). The van der Waals surface area contributed by atoms with E-state index in [1.54, 1.807) is 6.26 Å². The fourth-order valence-electron chi connectivity index (χ4n) is 2.39. The van der Waals surface area contributed by atoms with Crippen LogP contribution < -0.4 is 5.32 Å². The summed E-state index contributed by atoms with van der Waals surface area (Å²) in [4.78, 5) is 23.5. The largest absolute Gasteiger partial charge is 0.464 e. The van der Waals surface area contributed by atoms with Crippen molar-refractivity contribution in [1.82, 2.24) is 5.32 Å². The molecule has 0 aliphatic carbocycles. The zero-order chi connectivity index (χ0) is 23.4. The number of alkyl halides is 7. The zero-order valence-electron chi connectivity index (χ0n) is 16.9. The molecule has 0 aliphatic rings. The summed E-state index contributed by atoms with van der Waals surface area (Å²) in [5, 5.41) is 1.29. The molecular formula is C18H28F7NO3S. The highest BCUT2D eigenvalue weighted by atomic mass is 32.2. The fourth-order valence-corrected chi connectivity index (χ4v) is 2.86. The average Bonchev–Trinajstić information content (AvgIpc) is 2.65. The number of thioether (sulfide) groups is 1. The summed E-state index contributed by atoms with van der Waals surface area (Å²) >= 11 is 1.16. The van der Waals surface area contributed by atoms with Crippen LogP contribution in [-0.4, -0.2) is 54.6 Å². The minimum Gasteiger partial charge on any atom is -0.464 e. The van der Waals surface area contributed by atoms with Crippen LogP contribution in [0, 0.1) is 0 Å². The number of hydrogen-bond donors (Lipinski definition) is 1. The van der Waals surface area contributed by atoms with Crippen molar-refractivity contribution in [2.24, 2.45) is 0 Å². The van der Waals surface area contributed by atoms with Gasteiger partial charge in [-0.15, -0.1) is 0 Å². The molecule has 4 nitrogen and oxygen atoms in total. The van der Waals surface area contributed by atoms with Gasteiger partial charge in [-0.1, -0.05) is 45.4 Å². The molecule has 0 radical (unpaired) electrons. The molecule has 0 aromatic rings. The Morgan fingerprint density at radius 2 is 1.47 bits per heavy atom. The van der Waals surface area contributed by atoms with Crippen molar-refractivity contribution in [2.45, 2.75) is 82.4 Å². The minimum atomic E-state index is -6.64. The van der Waals surface area contributed by atoms with E-state index in [0.717, 1.165) is 50.3 Å². The second kappa shape index (κ2) is 13.3. The molecular weight excluding hydrogens is 443 g/mol. The molecule has 0 spiro atoms. The molecule has 0 saturated carbocycles. The third-order valence-corrected chi connectivity index (χ3v) is 4.87. The lowest BCUT2D eigenvalue weighted by Crippen LogP contribution is -2.61. The predicted octanol–water partition coefficient (Wildman–Crippen LogP) is 5.35. The van der Waals surface area contributed by atoms with E-state index < -0.39 is 35.9 Å². The third kappa shape index (κ3) is 8.89. The molecule has 178 valence electrons. The summed E-state index contributed by atoms with van der Waals surface area (Å²) in [5.74, 6) is -16.6. The van der Waals surface area contributed by atoms with E-state index in [4.69, 9.17) is 4.74 Å². The van der Waals surface area contributed by atoms with Crippen molar-refractivity contribution in [1.29, 1.82) is 0 Å². The van der Waals surface area contributed by atoms with Gasteiger partial charge in [-0.05, 0) is 24.9 Å². The maximum Gasteiger partial charge on any atom is 0.460 e. The standard InChI is InChI=1S/C18H28F7NO3S/c1-3-4-5-6-7-8-9-11-29-14(27)13(10-12-30-2)26-15(28)16(19,20)17(21,22)18(23,24)25/h13H,3-12H2,1-2H3,(H,26,28). The normalized spacial score (nSPS) is 13.8. The quantitative estimate of drug-likeness (QED) is 0.199. The second-order valence-corrected chi connectivity index (χ2v) is 7.73. The monoisotopic (exact) mass is 471 g/mol. The van der Waals surface area contributed by atoms with E-state index >= 15 is 0 Å². The van der Waals surface area contributed by atoms with Gasteiger partial charge in [0.1, 0.15) is 6.04 Å². The minimum absolute atomic E-state index is 0.0760. The molecule has 30 heavy (non-hydrogen) atoms. The molecule has 0 aliphatic heterocycles. The van der Waals surface area contributed by atoms with Crippen LogP contribution in [0.15, 0.2) is 0 Å². The highest BCUT2D eigenvalue weighted by molar-refractivity contribution is 7.98. The number of nitrogens with one attached hydrogen (secondary N) is 1. The van der Waals surface area contributed by atoms with Crippen LogP contribution >= 0.6 is 11.8 Å². The first kappa shape index (κ1) is 28.8.